The smallest absolute Gasteiger partial charge is 0.225 e. The van der Waals surface area contributed by atoms with E-state index in [0.29, 0.717) is 18.6 Å². The second-order valence-corrected chi connectivity index (χ2v) is 9.81. The highest BCUT2D eigenvalue weighted by Crippen LogP contribution is 2.31. The fourth-order valence-corrected chi connectivity index (χ4v) is 5.22. The molecule has 0 atom stereocenters. The Bertz CT molecular complexity index is 941. The molecule has 1 aromatic heterocycles. The van der Waals surface area contributed by atoms with Crippen LogP contribution in [0.4, 0.5) is 11.8 Å². The van der Waals surface area contributed by atoms with Crippen molar-refractivity contribution < 1.29 is 9.47 Å². The number of anilines is 2. The summed E-state index contributed by atoms with van der Waals surface area (Å²) in [5.74, 6) is 4.23. The molecule has 1 fully saturated rings. The standard InChI is InChI=1S/C27H41N5O2/c1-5-34-25-16-20(12-15-24(25)33-4)18-28-17-19-10-13-21(14-11-19)29-27-30-23-9-7-6-8-22(23)26(31-27)32(2)3/h12,15-16,19,21,28H,5-11,13-14,17-18H2,1-4H3,(H,29,30,31). The number of nitrogens with zero attached hydrogens (tertiary/aromatic N) is 3. The van der Waals surface area contributed by atoms with Gasteiger partial charge in [0.1, 0.15) is 5.82 Å². The molecular formula is C27H41N5O2. The van der Waals surface area contributed by atoms with Gasteiger partial charge in [0.05, 0.1) is 19.4 Å². The van der Waals surface area contributed by atoms with Crippen LogP contribution in [0.2, 0.25) is 0 Å². The van der Waals surface area contributed by atoms with Crippen LogP contribution in [-0.2, 0) is 19.4 Å². The highest BCUT2D eigenvalue weighted by molar-refractivity contribution is 5.53. The monoisotopic (exact) mass is 467 g/mol. The summed E-state index contributed by atoms with van der Waals surface area (Å²) in [5, 5.41) is 7.31. The van der Waals surface area contributed by atoms with Gasteiger partial charge in [0, 0.05) is 32.2 Å². The van der Waals surface area contributed by atoms with Crippen molar-refractivity contribution in [2.45, 2.75) is 70.9 Å². The molecule has 2 N–H and O–H groups in total. The van der Waals surface area contributed by atoms with Crippen LogP contribution in [-0.4, -0.2) is 50.4 Å². The van der Waals surface area contributed by atoms with Gasteiger partial charge in [-0.05, 0) is 88.4 Å². The van der Waals surface area contributed by atoms with Crippen LogP contribution in [0.15, 0.2) is 18.2 Å². The first-order chi connectivity index (χ1) is 16.6. The number of benzene rings is 1. The maximum absolute atomic E-state index is 5.70. The zero-order valence-electron chi connectivity index (χ0n) is 21.3. The van der Waals surface area contributed by atoms with Gasteiger partial charge in [0.25, 0.3) is 0 Å². The van der Waals surface area contributed by atoms with E-state index in [-0.39, 0.29) is 0 Å². The maximum Gasteiger partial charge on any atom is 0.225 e. The lowest BCUT2D eigenvalue weighted by Crippen LogP contribution is -2.32. The van der Waals surface area contributed by atoms with E-state index in [9.17, 15) is 0 Å². The third-order valence-electron chi connectivity index (χ3n) is 7.05. The van der Waals surface area contributed by atoms with Crippen LogP contribution in [0.5, 0.6) is 11.5 Å². The Morgan fingerprint density at radius 2 is 1.82 bits per heavy atom. The van der Waals surface area contributed by atoms with Crippen LogP contribution in [0.3, 0.4) is 0 Å². The summed E-state index contributed by atoms with van der Waals surface area (Å²) < 4.78 is 11.1. The molecule has 186 valence electrons. The molecule has 1 aromatic carbocycles. The predicted molar refractivity (Wildman–Crippen MR) is 138 cm³/mol. The minimum absolute atomic E-state index is 0.461. The van der Waals surface area contributed by atoms with Gasteiger partial charge >= 0.3 is 0 Å². The molecule has 4 rings (SSSR count). The zero-order valence-corrected chi connectivity index (χ0v) is 21.3. The predicted octanol–water partition coefficient (Wildman–Crippen LogP) is 4.59. The van der Waals surface area contributed by atoms with Gasteiger partial charge in [-0.15, -0.1) is 0 Å². The Morgan fingerprint density at radius 3 is 2.56 bits per heavy atom. The number of aromatic nitrogens is 2. The lowest BCUT2D eigenvalue weighted by Gasteiger charge is -2.30. The number of hydrogen-bond acceptors (Lipinski definition) is 7. The summed E-state index contributed by atoms with van der Waals surface area (Å²) in [5.41, 5.74) is 3.82. The molecule has 2 aliphatic carbocycles. The molecule has 2 aromatic rings. The molecule has 0 bridgehead atoms. The number of fused-ring (bicyclic) bond motifs is 1. The van der Waals surface area contributed by atoms with Gasteiger partial charge in [-0.25, -0.2) is 4.98 Å². The number of ether oxygens (including phenoxy) is 2. The first-order valence-corrected chi connectivity index (χ1v) is 12.9. The Kier molecular flexibility index (Phi) is 8.48. The van der Waals surface area contributed by atoms with E-state index in [1.54, 1.807) is 7.11 Å². The van der Waals surface area contributed by atoms with Crippen molar-refractivity contribution in [3.63, 3.8) is 0 Å². The second kappa shape index (κ2) is 11.7. The lowest BCUT2D eigenvalue weighted by atomic mass is 9.86. The van der Waals surface area contributed by atoms with E-state index in [0.717, 1.165) is 49.2 Å². The molecule has 0 spiro atoms. The average molecular weight is 468 g/mol. The Labute approximate surface area is 204 Å². The average Bonchev–Trinajstić information content (AvgIpc) is 2.85. The number of rotatable bonds is 10. The fraction of sp³-hybridized carbons (Fsp3) is 0.630. The van der Waals surface area contributed by atoms with E-state index in [2.05, 4.69) is 41.8 Å². The first kappa shape index (κ1) is 24.6. The highest BCUT2D eigenvalue weighted by atomic mass is 16.5. The summed E-state index contributed by atoms with van der Waals surface area (Å²) in [6.45, 7) is 4.52. The Morgan fingerprint density at radius 1 is 1.03 bits per heavy atom. The van der Waals surface area contributed by atoms with E-state index in [1.165, 1.54) is 55.3 Å². The normalized spacial score (nSPS) is 19.9. The summed E-state index contributed by atoms with van der Waals surface area (Å²) in [6.07, 6.45) is 9.44. The van der Waals surface area contributed by atoms with Crippen molar-refractivity contribution in [3.8, 4) is 11.5 Å². The topological polar surface area (TPSA) is 71.5 Å². The summed E-state index contributed by atoms with van der Waals surface area (Å²) in [6, 6.07) is 6.64. The van der Waals surface area contributed by atoms with Gasteiger partial charge in [0.15, 0.2) is 11.5 Å². The largest absolute Gasteiger partial charge is 0.493 e. The van der Waals surface area contributed by atoms with Crippen molar-refractivity contribution in [2.75, 3.05) is 44.6 Å². The van der Waals surface area contributed by atoms with Crippen LogP contribution < -0.4 is 25.0 Å². The van der Waals surface area contributed by atoms with Crippen molar-refractivity contribution >= 4 is 11.8 Å². The SMILES string of the molecule is CCOc1cc(CNCC2CCC(Nc3nc4c(c(N(C)C)n3)CCCC4)CC2)ccc1OC. The molecule has 0 saturated heterocycles. The molecule has 0 radical (unpaired) electrons. The van der Waals surface area contributed by atoms with Gasteiger partial charge in [-0.2, -0.15) is 4.98 Å². The van der Waals surface area contributed by atoms with E-state index < -0.39 is 0 Å². The van der Waals surface area contributed by atoms with Gasteiger partial charge in [-0.1, -0.05) is 6.07 Å². The third kappa shape index (κ3) is 6.12. The van der Waals surface area contributed by atoms with Crippen LogP contribution >= 0.6 is 0 Å². The molecular weight excluding hydrogens is 426 g/mol. The molecule has 34 heavy (non-hydrogen) atoms. The van der Waals surface area contributed by atoms with Crippen LogP contribution in [0, 0.1) is 5.92 Å². The Hall–Kier alpha value is -2.54. The second-order valence-electron chi connectivity index (χ2n) is 9.81. The maximum atomic E-state index is 5.70. The third-order valence-corrected chi connectivity index (χ3v) is 7.05. The van der Waals surface area contributed by atoms with E-state index in [1.807, 2.05) is 13.0 Å². The minimum Gasteiger partial charge on any atom is -0.493 e. The van der Waals surface area contributed by atoms with Crippen molar-refractivity contribution in [2.24, 2.45) is 5.92 Å². The number of hydrogen-bond donors (Lipinski definition) is 2. The van der Waals surface area contributed by atoms with Crippen molar-refractivity contribution in [3.05, 3.63) is 35.0 Å². The molecule has 1 heterocycles. The van der Waals surface area contributed by atoms with Gasteiger partial charge in [-0.3, -0.25) is 0 Å². The lowest BCUT2D eigenvalue weighted by molar-refractivity contribution is 0.310. The Balaban J connectivity index is 1.25. The fourth-order valence-electron chi connectivity index (χ4n) is 5.22. The van der Waals surface area contributed by atoms with Crippen molar-refractivity contribution in [1.29, 1.82) is 0 Å². The van der Waals surface area contributed by atoms with Crippen molar-refractivity contribution in [1.82, 2.24) is 15.3 Å². The molecule has 2 aliphatic rings. The number of aryl methyl sites for hydroxylation is 1. The van der Waals surface area contributed by atoms with Crippen LogP contribution in [0.1, 0.15) is 62.3 Å². The summed E-state index contributed by atoms with van der Waals surface area (Å²) in [4.78, 5) is 11.9. The van der Waals surface area contributed by atoms with Gasteiger partial charge < -0.3 is 25.0 Å². The zero-order chi connectivity index (χ0) is 23.9. The first-order valence-electron chi connectivity index (χ1n) is 12.9. The number of methoxy groups -OCH3 is 1. The van der Waals surface area contributed by atoms with E-state index >= 15 is 0 Å². The molecule has 7 heteroatoms. The molecule has 0 unspecified atom stereocenters. The summed E-state index contributed by atoms with van der Waals surface area (Å²) in [7, 11) is 5.85. The minimum atomic E-state index is 0.461. The molecule has 7 nitrogen and oxygen atoms in total. The quantitative estimate of drug-likeness (QED) is 0.529. The molecule has 0 amide bonds. The van der Waals surface area contributed by atoms with Crippen LogP contribution in [0.25, 0.3) is 0 Å². The highest BCUT2D eigenvalue weighted by Gasteiger charge is 2.24. The molecule has 1 saturated carbocycles. The van der Waals surface area contributed by atoms with E-state index in [4.69, 9.17) is 19.4 Å². The molecule has 0 aliphatic heterocycles. The summed E-state index contributed by atoms with van der Waals surface area (Å²) >= 11 is 0. The number of nitrogens with one attached hydrogen (secondary N) is 2. The van der Waals surface area contributed by atoms with Gasteiger partial charge in [0.2, 0.25) is 5.95 Å².